The van der Waals surface area contributed by atoms with Crippen LogP contribution in [0.25, 0.3) is 11.0 Å². The molecule has 1 heterocycles. The number of hydrogen-bond donors (Lipinski definition) is 1. The third-order valence-corrected chi connectivity index (χ3v) is 7.92. The number of carbonyl (C=O) groups excluding carboxylic acids is 1. The monoisotopic (exact) mass is 535 g/mol. The van der Waals surface area contributed by atoms with Crippen LogP contribution in [-0.2, 0) is 10.0 Å². The molecule has 0 fully saturated rings. The lowest BCUT2D eigenvalue weighted by atomic mass is 10.0. The highest BCUT2D eigenvalue weighted by atomic mass is 35.5. The number of carbonyl (C=O) groups is 1. The zero-order chi connectivity index (χ0) is 26.6. The zero-order valence-corrected chi connectivity index (χ0v) is 22.7. The number of benzene rings is 3. The molecule has 6 nitrogen and oxygen atoms in total. The SMILES string of the molecule is CCCCC=CC(c1ccccc1Cl)n1c(C)nc2ccc(C(=O)NS(=O)(=O)c3ccc(C)cc3)cc21. The van der Waals surface area contributed by atoms with Crippen molar-refractivity contribution in [1.82, 2.24) is 14.3 Å². The molecule has 0 aliphatic carbocycles. The first-order valence-electron chi connectivity index (χ1n) is 12.2. The second-order valence-electron chi connectivity index (χ2n) is 9.02. The van der Waals surface area contributed by atoms with E-state index in [1.54, 1.807) is 30.3 Å². The van der Waals surface area contributed by atoms with Crippen LogP contribution < -0.4 is 4.72 Å². The van der Waals surface area contributed by atoms with E-state index >= 15 is 0 Å². The molecule has 0 saturated carbocycles. The second kappa shape index (κ2) is 11.3. The number of allylic oxidation sites excluding steroid dienone is 2. The Hall–Kier alpha value is -3.42. The van der Waals surface area contributed by atoms with Gasteiger partial charge in [-0.3, -0.25) is 4.79 Å². The van der Waals surface area contributed by atoms with Crippen LogP contribution in [0.3, 0.4) is 0 Å². The van der Waals surface area contributed by atoms with Gasteiger partial charge in [-0.05, 0) is 62.2 Å². The Morgan fingerprint density at radius 2 is 1.81 bits per heavy atom. The van der Waals surface area contributed by atoms with Crippen molar-refractivity contribution in [3.8, 4) is 0 Å². The second-order valence-corrected chi connectivity index (χ2v) is 11.1. The van der Waals surface area contributed by atoms with E-state index in [1.807, 2.05) is 42.7 Å². The first kappa shape index (κ1) is 26.6. The zero-order valence-electron chi connectivity index (χ0n) is 21.1. The van der Waals surface area contributed by atoms with Crippen LogP contribution in [0.5, 0.6) is 0 Å². The van der Waals surface area contributed by atoms with Crippen molar-refractivity contribution in [3.05, 3.63) is 106 Å². The Labute approximate surface area is 223 Å². The van der Waals surface area contributed by atoms with Crippen LogP contribution in [0.2, 0.25) is 5.02 Å². The Kier molecular flexibility index (Phi) is 8.15. The van der Waals surface area contributed by atoms with Gasteiger partial charge in [-0.25, -0.2) is 18.1 Å². The maximum Gasteiger partial charge on any atom is 0.265 e. The van der Waals surface area contributed by atoms with E-state index in [0.717, 1.165) is 36.2 Å². The van der Waals surface area contributed by atoms with E-state index in [2.05, 4.69) is 23.8 Å². The Balaban J connectivity index is 1.74. The normalized spacial score (nSPS) is 12.8. The highest BCUT2D eigenvalue weighted by Crippen LogP contribution is 2.32. The average Bonchev–Trinajstić information content (AvgIpc) is 3.19. The summed E-state index contributed by atoms with van der Waals surface area (Å²) in [6, 6.07) is 18.8. The summed E-state index contributed by atoms with van der Waals surface area (Å²) in [7, 11) is -4.02. The highest BCUT2D eigenvalue weighted by molar-refractivity contribution is 7.90. The number of nitrogens with zero attached hydrogens (tertiary/aromatic N) is 2. The molecule has 4 rings (SSSR count). The molecule has 1 unspecified atom stereocenters. The number of fused-ring (bicyclic) bond motifs is 1. The average molecular weight is 536 g/mol. The van der Waals surface area contributed by atoms with Crippen molar-refractivity contribution < 1.29 is 13.2 Å². The third kappa shape index (κ3) is 5.95. The minimum Gasteiger partial charge on any atom is -0.317 e. The topological polar surface area (TPSA) is 81.1 Å². The molecule has 1 atom stereocenters. The number of aryl methyl sites for hydroxylation is 2. The molecule has 1 aromatic heterocycles. The third-order valence-electron chi connectivity index (χ3n) is 6.23. The van der Waals surface area contributed by atoms with Crippen LogP contribution in [0.15, 0.2) is 83.8 Å². The van der Waals surface area contributed by atoms with Crippen molar-refractivity contribution in [3.63, 3.8) is 0 Å². The summed E-state index contributed by atoms with van der Waals surface area (Å²) in [5.41, 5.74) is 3.47. The molecule has 37 heavy (non-hydrogen) atoms. The van der Waals surface area contributed by atoms with Crippen LogP contribution in [0.4, 0.5) is 0 Å². The predicted octanol–water partition coefficient (Wildman–Crippen LogP) is 6.76. The molecule has 0 aliphatic rings. The van der Waals surface area contributed by atoms with Crippen molar-refractivity contribution in [2.75, 3.05) is 0 Å². The van der Waals surface area contributed by atoms with Crippen LogP contribution in [-0.4, -0.2) is 23.9 Å². The van der Waals surface area contributed by atoms with Gasteiger partial charge < -0.3 is 4.57 Å². The van der Waals surface area contributed by atoms with E-state index in [-0.39, 0.29) is 16.5 Å². The number of aromatic nitrogens is 2. The number of unbranched alkanes of at least 4 members (excludes halogenated alkanes) is 2. The van der Waals surface area contributed by atoms with E-state index in [9.17, 15) is 13.2 Å². The van der Waals surface area contributed by atoms with E-state index in [1.165, 1.54) is 12.1 Å². The number of sulfonamides is 1. The summed E-state index contributed by atoms with van der Waals surface area (Å²) in [5, 5.41) is 0.631. The lowest BCUT2D eigenvalue weighted by Crippen LogP contribution is -2.30. The number of rotatable bonds is 9. The Bertz CT molecular complexity index is 1560. The van der Waals surface area contributed by atoms with Crippen molar-refractivity contribution in [2.24, 2.45) is 0 Å². The lowest BCUT2D eigenvalue weighted by Gasteiger charge is -2.20. The Morgan fingerprint density at radius 3 is 2.51 bits per heavy atom. The summed E-state index contributed by atoms with van der Waals surface area (Å²) in [4.78, 5) is 17.8. The molecule has 8 heteroatoms. The van der Waals surface area contributed by atoms with E-state index in [0.29, 0.717) is 16.1 Å². The Morgan fingerprint density at radius 1 is 1.08 bits per heavy atom. The largest absolute Gasteiger partial charge is 0.317 e. The van der Waals surface area contributed by atoms with E-state index in [4.69, 9.17) is 16.6 Å². The van der Waals surface area contributed by atoms with Gasteiger partial charge in [0.15, 0.2) is 0 Å². The first-order chi connectivity index (χ1) is 17.7. The predicted molar refractivity (Wildman–Crippen MR) is 149 cm³/mol. The fourth-order valence-corrected chi connectivity index (χ4v) is 5.48. The van der Waals surface area contributed by atoms with Crippen LogP contribution >= 0.6 is 11.6 Å². The van der Waals surface area contributed by atoms with Crippen LogP contribution in [0.1, 0.15) is 59.5 Å². The molecule has 1 N–H and O–H groups in total. The van der Waals surface area contributed by atoms with E-state index < -0.39 is 15.9 Å². The standard InChI is InChI=1S/C29H30ClN3O3S/c1-4-5-6-7-12-27(24-10-8-9-11-25(24)30)33-21(3)31-26-18-15-22(19-28(26)33)29(34)32-37(35,36)23-16-13-20(2)14-17-23/h7-19,27H,4-6H2,1-3H3,(H,32,34). The van der Waals surface area contributed by atoms with Crippen LogP contribution in [0, 0.1) is 13.8 Å². The minimum atomic E-state index is -4.02. The number of nitrogens with one attached hydrogen (secondary N) is 1. The van der Waals surface area contributed by atoms with Gasteiger partial charge in [0.2, 0.25) is 0 Å². The van der Waals surface area contributed by atoms with Gasteiger partial charge in [0.1, 0.15) is 5.82 Å². The van der Waals surface area contributed by atoms with Gasteiger partial charge >= 0.3 is 0 Å². The fourth-order valence-electron chi connectivity index (χ4n) is 4.25. The van der Waals surface area contributed by atoms with Crippen molar-refractivity contribution in [2.45, 2.75) is 51.0 Å². The summed E-state index contributed by atoms with van der Waals surface area (Å²) >= 11 is 6.60. The molecular formula is C29H30ClN3O3S. The molecule has 0 saturated heterocycles. The lowest BCUT2D eigenvalue weighted by molar-refractivity contribution is 0.0981. The molecule has 0 spiro atoms. The fraction of sp³-hybridized carbons (Fsp3) is 0.241. The number of imidazole rings is 1. The summed E-state index contributed by atoms with van der Waals surface area (Å²) in [6.07, 6.45) is 7.37. The maximum atomic E-state index is 13.0. The number of halogens is 1. The minimum absolute atomic E-state index is 0.0319. The molecule has 192 valence electrons. The molecule has 4 aromatic rings. The smallest absolute Gasteiger partial charge is 0.265 e. The van der Waals surface area contributed by atoms with Gasteiger partial charge in [-0.2, -0.15) is 0 Å². The summed E-state index contributed by atoms with van der Waals surface area (Å²) in [5.74, 6) is 0.0468. The number of hydrogen-bond acceptors (Lipinski definition) is 4. The van der Waals surface area contributed by atoms with Gasteiger partial charge in [0.05, 0.1) is 22.0 Å². The van der Waals surface area contributed by atoms with Gasteiger partial charge in [0, 0.05) is 10.6 Å². The number of amides is 1. The molecule has 0 aliphatic heterocycles. The maximum absolute atomic E-state index is 13.0. The molecular weight excluding hydrogens is 506 g/mol. The van der Waals surface area contributed by atoms with Crippen molar-refractivity contribution in [1.29, 1.82) is 0 Å². The summed E-state index contributed by atoms with van der Waals surface area (Å²) in [6.45, 7) is 5.92. The molecule has 1 amide bonds. The van der Waals surface area contributed by atoms with Crippen molar-refractivity contribution >= 4 is 38.6 Å². The first-order valence-corrected chi connectivity index (χ1v) is 14.1. The van der Waals surface area contributed by atoms with Gasteiger partial charge in [0.25, 0.3) is 15.9 Å². The quantitative estimate of drug-likeness (QED) is 0.189. The summed E-state index contributed by atoms with van der Waals surface area (Å²) < 4.78 is 29.8. The van der Waals surface area contributed by atoms with Gasteiger partial charge in [-0.1, -0.05) is 79.4 Å². The highest BCUT2D eigenvalue weighted by Gasteiger charge is 2.22. The molecule has 0 bridgehead atoms. The van der Waals surface area contributed by atoms with Gasteiger partial charge in [-0.15, -0.1) is 0 Å². The molecule has 0 radical (unpaired) electrons. The molecule has 3 aromatic carbocycles.